The van der Waals surface area contributed by atoms with E-state index in [-0.39, 0.29) is 5.69 Å². The highest BCUT2D eigenvalue weighted by Crippen LogP contribution is 2.13. The van der Waals surface area contributed by atoms with Gasteiger partial charge in [-0.3, -0.25) is 4.79 Å². The number of primary amides is 1. The minimum Gasteiger partial charge on any atom is -0.364 e. The van der Waals surface area contributed by atoms with Gasteiger partial charge in [0.05, 0.1) is 5.52 Å². The molecular weight excluding hydrogens is 176 g/mol. The van der Waals surface area contributed by atoms with Crippen molar-refractivity contribution < 1.29 is 4.79 Å². The van der Waals surface area contributed by atoms with E-state index in [1.54, 1.807) is 12.1 Å². The topological polar surface area (TPSA) is 56.0 Å². The molecule has 0 aliphatic heterocycles. The molecule has 0 aliphatic rings. The molecule has 0 bridgehead atoms. The lowest BCUT2D eigenvalue weighted by atomic mass is 10.1. The lowest BCUT2D eigenvalue weighted by Crippen LogP contribution is -2.12. The first-order valence-electron chi connectivity index (χ1n) is 4.26. The number of hydrogen-bond donors (Lipinski definition) is 1. The van der Waals surface area contributed by atoms with Gasteiger partial charge >= 0.3 is 0 Å². The zero-order chi connectivity index (χ0) is 10.1. The third kappa shape index (κ3) is 1.44. The Labute approximate surface area is 81.6 Å². The number of carbonyl (C=O) groups excluding carboxylic acids is 1. The summed E-state index contributed by atoms with van der Waals surface area (Å²) in [7, 11) is 0. The monoisotopic (exact) mass is 185 g/mol. The summed E-state index contributed by atoms with van der Waals surface area (Å²) in [5, 5.41) is 0.898. The maximum Gasteiger partial charge on any atom is 0.267 e. The first-order valence-corrected chi connectivity index (χ1v) is 4.26. The standard InChI is InChI=1S/C11H9N2O/c1-7-2-4-9-8(6-7)3-5-10(13-9)11(12)14/h2-5H,1H3,(H2,12,14). The molecule has 3 heteroatoms. The molecule has 2 N–H and O–H groups in total. The van der Waals surface area contributed by atoms with E-state index in [0.29, 0.717) is 0 Å². The van der Waals surface area contributed by atoms with Crippen LogP contribution in [0.25, 0.3) is 10.9 Å². The Hall–Kier alpha value is -1.90. The number of rotatable bonds is 1. The lowest BCUT2D eigenvalue weighted by molar-refractivity contribution is 0.0996. The summed E-state index contributed by atoms with van der Waals surface area (Å²) in [6.45, 7) is 1.96. The molecule has 3 nitrogen and oxygen atoms in total. The zero-order valence-electron chi connectivity index (χ0n) is 7.74. The van der Waals surface area contributed by atoms with E-state index in [1.807, 2.05) is 19.1 Å². The third-order valence-corrected chi connectivity index (χ3v) is 2.00. The molecule has 1 aromatic heterocycles. The highest BCUT2D eigenvalue weighted by atomic mass is 16.1. The molecule has 14 heavy (non-hydrogen) atoms. The van der Waals surface area contributed by atoms with Crippen LogP contribution in [0.15, 0.2) is 24.3 Å². The van der Waals surface area contributed by atoms with Crippen molar-refractivity contribution in [1.82, 2.24) is 4.98 Å². The summed E-state index contributed by atoms with van der Waals surface area (Å²) in [6.07, 6.45) is 0. The Morgan fingerprint density at radius 2 is 2.14 bits per heavy atom. The van der Waals surface area contributed by atoms with Crippen molar-refractivity contribution >= 4 is 16.8 Å². The number of aromatic nitrogens is 1. The van der Waals surface area contributed by atoms with Gasteiger partial charge in [-0.25, -0.2) is 4.98 Å². The molecule has 0 saturated heterocycles. The van der Waals surface area contributed by atoms with E-state index in [4.69, 9.17) is 5.73 Å². The van der Waals surface area contributed by atoms with Gasteiger partial charge < -0.3 is 5.73 Å². The number of amides is 1. The summed E-state index contributed by atoms with van der Waals surface area (Å²) in [5.74, 6) is -0.507. The molecule has 2 rings (SSSR count). The van der Waals surface area contributed by atoms with E-state index in [0.717, 1.165) is 16.5 Å². The van der Waals surface area contributed by atoms with Crippen LogP contribution in [-0.4, -0.2) is 10.9 Å². The number of nitrogens with two attached hydrogens (primary N) is 1. The summed E-state index contributed by atoms with van der Waals surface area (Å²) >= 11 is 0. The van der Waals surface area contributed by atoms with E-state index in [1.165, 1.54) is 0 Å². The summed E-state index contributed by atoms with van der Waals surface area (Å²) in [6, 6.07) is 10.3. The van der Waals surface area contributed by atoms with Crippen LogP contribution in [0.4, 0.5) is 0 Å². The molecule has 2 aromatic rings. The van der Waals surface area contributed by atoms with Gasteiger partial charge in [-0.05, 0) is 36.8 Å². The molecule has 0 aliphatic carbocycles. The molecule has 0 saturated carbocycles. The molecular formula is C11H9N2O. The van der Waals surface area contributed by atoms with Gasteiger partial charge in [0.15, 0.2) is 0 Å². The molecule has 69 valence electrons. The van der Waals surface area contributed by atoms with Crippen molar-refractivity contribution in [3.8, 4) is 0 Å². The summed E-state index contributed by atoms with van der Waals surface area (Å²) in [4.78, 5) is 15.0. The Bertz CT molecular complexity index is 506. The smallest absolute Gasteiger partial charge is 0.267 e. The van der Waals surface area contributed by atoms with Gasteiger partial charge in [0.2, 0.25) is 0 Å². The van der Waals surface area contributed by atoms with Crippen LogP contribution in [-0.2, 0) is 0 Å². The Balaban J connectivity index is 2.67. The predicted molar refractivity (Wildman–Crippen MR) is 53.8 cm³/mol. The van der Waals surface area contributed by atoms with Crippen LogP contribution in [0.5, 0.6) is 0 Å². The van der Waals surface area contributed by atoms with Gasteiger partial charge in [-0.2, -0.15) is 0 Å². The van der Waals surface area contributed by atoms with Crippen LogP contribution < -0.4 is 5.73 Å². The Kier molecular flexibility index (Phi) is 1.93. The number of pyridine rings is 1. The zero-order valence-corrected chi connectivity index (χ0v) is 7.74. The van der Waals surface area contributed by atoms with Crippen LogP contribution in [0, 0.1) is 13.0 Å². The van der Waals surface area contributed by atoms with Crippen LogP contribution in [0.1, 0.15) is 16.1 Å². The van der Waals surface area contributed by atoms with Crippen LogP contribution >= 0.6 is 0 Å². The van der Waals surface area contributed by atoms with Crippen molar-refractivity contribution in [2.45, 2.75) is 6.92 Å². The number of benzene rings is 1. The highest BCUT2D eigenvalue weighted by Gasteiger charge is 2.03. The van der Waals surface area contributed by atoms with Gasteiger partial charge in [0, 0.05) is 5.39 Å². The Morgan fingerprint density at radius 3 is 2.86 bits per heavy atom. The first kappa shape index (κ1) is 8.69. The average molecular weight is 185 g/mol. The molecule has 0 unspecified atom stereocenters. The number of fused-ring (bicyclic) bond motifs is 1. The minimum atomic E-state index is -0.507. The fourth-order valence-corrected chi connectivity index (χ4v) is 1.30. The van der Waals surface area contributed by atoms with Gasteiger partial charge in [0.1, 0.15) is 5.69 Å². The van der Waals surface area contributed by atoms with Crippen molar-refractivity contribution in [2.24, 2.45) is 5.73 Å². The first-order chi connectivity index (χ1) is 6.66. The summed E-state index contributed by atoms with van der Waals surface area (Å²) < 4.78 is 0. The molecule has 0 atom stereocenters. The Morgan fingerprint density at radius 1 is 1.36 bits per heavy atom. The molecule has 1 radical (unpaired) electrons. The third-order valence-electron chi connectivity index (χ3n) is 2.00. The van der Waals surface area contributed by atoms with Crippen LogP contribution in [0.2, 0.25) is 0 Å². The van der Waals surface area contributed by atoms with E-state index in [2.05, 4.69) is 11.1 Å². The van der Waals surface area contributed by atoms with E-state index >= 15 is 0 Å². The number of nitrogens with zero attached hydrogens (tertiary/aromatic N) is 1. The van der Waals surface area contributed by atoms with Crippen LogP contribution in [0.3, 0.4) is 0 Å². The minimum absolute atomic E-state index is 0.287. The van der Waals surface area contributed by atoms with E-state index in [9.17, 15) is 4.79 Å². The van der Waals surface area contributed by atoms with Crippen molar-refractivity contribution in [3.05, 3.63) is 41.6 Å². The molecule has 1 amide bonds. The SMILES string of the molecule is Cc1[c]c2ccc(C(N)=O)nc2cc1. The van der Waals surface area contributed by atoms with Crippen molar-refractivity contribution in [1.29, 1.82) is 0 Å². The molecule has 0 fully saturated rings. The maximum absolute atomic E-state index is 10.9. The molecule has 1 aromatic carbocycles. The largest absolute Gasteiger partial charge is 0.364 e. The van der Waals surface area contributed by atoms with E-state index < -0.39 is 5.91 Å². The second-order valence-electron chi connectivity index (χ2n) is 3.13. The lowest BCUT2D eigenvalue weighted by Gasteiger charge is -1.99. The predicted octanol–water partition coefficient (Wildman–Crippen LogP) is 1.44. The quantitative estimate of drug-likeness (QED) is 0.730. The molecule has 1 heterocycles. The van der Waals surface area contributed by atoms with Gasteiger partial charge in [0.25, 0.3) is 5.91 Å². The normalized spacial score (nSPS) is 10.4. The van der Waals surface area contributed by atoms with Gasteiger partial charge in [-0.1, -0.05) is 6.07 Å². The number of hydrogen-bond acceptors (Lipinski definition) is 2. The summed E-state index contributed by atoms with van der Waals surface area (Å²) in [5.41, 5.74) is 7.20. The number of aryl methyl sites for hydroxylation is 1. The highest BCUT2D eigenvalue weighted by molar-refractivity contribution is 5.93. The number of carbonyl (C=O) groups is 1. The fourth-order valence-electron chi connectivity index (χ4n) is 1.30. The average Bonchev–Trinajstić information content (AvgIpc) is 2.16. The van der Waals surface area contributed by atoms with Gasteiger partial charge in [-0.15, -0.1) is 0 Å². The van der Waals surface area contributed by atoms with Crippen molar-refractivity contribution in [2.75, 3.05) is 0 Å². The van der Waals surface area contributed by atoms with Crippen molar-refractivity contribution in [3.63, 3.8) is 0 Å². The maximum atomic E-state index is 10.9. The second-order valence-corrected chi connectivity index (χ2v) is 3.13. The molecule has 0 spiro atoms. The fraction of sp³-hybridized carbons (Fsp3) is 0.0909. The second kappa shape index (κ2) is 3.10.